The Labute approximate surface area is 113 Å². The predicted octanol–water partition coefficient (Wildman–Crippen LogP) is 0.392. The molecule has 1 fully saturated rings. The van der Waals surface area contributed by atoms with E-state index in [2.05, 4.69) is 10.6 Å². The summed E-state index contributed by atoms with van der Waals surface area (Å²) in [7, 11) is 1.63. The van der Waals surface area contributed by atoms with Crippen molar-refractivity contribution in [1.29, 1.82) is 0 Å². The van der Waals surface area contributed by atoms with E-state index in [9.17, 15) is 4.79 Å². The summed E-state index contributed by atoms with van der Waals surface area (Å²) in [6.45, 7) is 2.09. The third-order valence-corrected chi connectivity index (χ3v) is 3.56. The quantitative estimate of drug-likeness (QED) is 0.734. The lowest BCUT2D eigenvalue weighted by atomic mass is 9.88. The number of piperidine rings is 1. The van der Waals surface area contributed by atoms with Gasteiger partial charge in [0, 0.05) is 6.54 Å². The van der Waals surface area contributed by atoms with Gasteiger partial charge in [0.15, 0.2) is 0 Å². The van der Waals surface area contributed by atoms with Crippen LogP contribution in [0.15, 0.2) is 24.3 Å². The highest BCUT2D eigenvalue weighted by molar-refractivity contribution is 5.86. The van der Waals surface area contributed by atoms with Gasteiger partial charge in [0.05, 0.1) is 12.6 Å². The minimum Gasteiger partial charge on any atom is -0.497 e. The van der Waals surface area contributed by atoms with Gasteiger partial charge in [-0.05, 0) is 43.6 Å². The van der Waals surface area contributed by atoms with Crippen LogP contribution in [-0.4, -0.2) is 31.6 Å². The molecule has 1 aliphatic heterocycles. The zero-order valence-corrected chi connectivity index (χ0v) is 11.2. The summed E-state index contributed by atoms with van der Waals surface area (Å²) >= 11 is 0. The van der Waals surface area contributed by atoms with Crippen LogP contribution in [0.2, 0.25) is 0 Å². The van der Waals surface area contributed by atoms with E-state index in [4.69, 9.17) is 10.5 Å². The zero-order chi connectivity index (χ0) is 13.7. The molecule has 19 heavy (non-hydrogen) atoms. The summed E-state index contributed by atoms with van der Waals surface area (Å²) in [5.74, 6) is 0.744. The first-order valence-corrected chi connectivity index (χ1v) is 6.55. The van der Waals surface area contributed by atoms with E-state index in [-0.39, 0.29) is 5.91 Å². The van der Waals surface area contributed by atoms with Gasteiger partial charge in [-0.25, -0.2) is 0 Å². The van der Waals surface area contributed by atoms with E-state index < -0.39 is 5.54 Å². The highest BCUT2D eigenvalue weighted by Crippen LogP contribution is 2.16. The molecular weight excluding hydrogens is 242 g/mol. The SMILES string of the molecule is COc1ccc(CNC(=O)C2(N)CCNCC2)cc1. The minimum atomic E-state index is -0.724. The van der Waals surface area contributed by atoms with Crippen LogP contribution < -0.4 is 21.1 Å². The first kappa shape index (κ1) is 13.8. The molecule has 5 heteroatoms. The average Bonchev–Trinajstić information content (AvgIpc) is 2.46. The van der Waals surface area contributed by atoms with E-state index in [1.54, 1.807) is 7.11 Å². The van der Waals surface area contributed by atoms with Crippen molar-refractivity contribution in [2.24, 2.45) is 5.73 Å². The average molecular weight is 263 g/mol. The van der Waals surface area contributed by atoms with Gasteiger partial charge in [-0.3, -0.25) is 4.79 Å². The number of hydrogen-bond donors (Lipinski definition) is 3. The fourth-order valence-electron chi connectivity index (χ4n) is 2.20. The summed E-state index contributed by atoms with van der Waals surface area (Å²) in [6.07, 6.45) is 1.36. The number of rotatable bonds is 4. The van der Waals surface area contributed by atoms with Gasteiger partial charge in [0.1, 0.15) is 5.75 Å². The first-order chi connectivity index (χ1) is 9.14. The smallest absolute Gasteiger partial charge is 0.240 e. The summed E-state index contributed by atoms with van der Waals surface area (Å²) in [5, 5.41) is 6.12. The van der Waals surface area contributed by atoms with Crippen molar-refractivity contribution in [3.05, 3.63) is 29.8 Å². The van der Waals surface area contributed by atoms with Gasteiger partial charge >= 0.3 is 0 Å². The Bertz CT molecular complexity index is 425. The van der Waals surface area contributed by atoms with Crippen LogP contribution in [0.5, 0.6) is 5.75 Å². The van der Waals surface area contributed by atoms with Gasteiger partial charge in [-0.15, -0.1) is 0 Å². The van der Waals surface area contributed by atoms with E-state index in [0.717, 1.165) is 24.4 Å². The molecule has 1 heterocycles. The third-order valence-electron chi connectivity index (χ3n) is 3.56. The van der Waals surface area contributed by atoms with Gasteiger partial charge in [-0.2, -0.15) is 0 Å². The summed E-state index contributed by atoms with van der Waals surface area (Å²) in [6, 6.07) is 7.63. The Morgan fingerprint density at radius 1 is 1.37 bits per heavy atom. The third kappa shape index (κ3) is 3.45. The number of carbonyl (C=O) groups excluding carboxylic acids is 1. The molecule has 0 unspecified atom stereocenters. The second-order valence-corrected chi connectivity index (χ2v) is 4.94. The molecule has 4 N–H and O–H groups in total. The van der Waals surface area contributed by atoms with Crippen molar-refractivity contribution in [2.45, 2.75) is 24.9 Å². The van der Waals surface area contributed by atoms with E-state index in [1.165, 1.54) is 0 Å². The molecule has 0 atom stereocenters. The maximum absolute atomic E-state index is 12.1. The molecule has 0 radical (unpaired) electrons. The molecule has 0 spiro atoms. The number of ether oxygens (including phenoxy) is 1. The number of nitrogens with one attached hydrogen (secondary N) is 2. The van der Waals surface area contributed by atoms with E-state index in [1.807, 2.05) is 24.3 Å². The largest absolute Gasteiger partial charge is 0.497 e. The zero-order valence-electron chi connectivity index (χ0n) is 11.2. The van der Waals surface area contributed by atoms with Crippen molar-refractivity contribution >= 4 is 5.91 Å². The van der Waals surface area contributed by atoms with Gasteiger partial charge in [0.25, 0.3) is 0 Å². The molecule has 0 saturated carbocycles. The molecular formula is C14H21N3O2. The molecule has 2 rings (SSSR count). The normalized spacial score (nSPS) is 17.8. The van der Waals surface area contributed by atoms with E-state index >= 15 is 0 Å². The fraction of sp³-hybridized carbons (Fsp3) is 0.500. The number of methoxy groups -OCH3 is 1. The van der Waals surface area contributed by atoms with Gasteiger partial charge < -0.3 is 21.1 Å². The number of benzene rings is 1. The lowest BCUT2D eigenvalue weighted by Crippen LogP contribution is -2.58. The Morgan fingerprint density at radius 2 is 2.00 bits per heavy atom. The van der Waals surface area contributed by atoms with Crippen LogP contribution in [0.1, 0.15) is 18.4 Å². The van der Waals surface area contributed by atoms with E-state index in [0.29, 0.717) is 19.4 Å². The number of carbonyl (C=O) groups is 1. The summed E-state index contributed by atoms with van der Waals surface area (Å²) < 4.78 is 5.09. The second kappa shape index (κ2) is 6.04. The van der Waals surface area contributed by atoms with Gasteiger partial charge in [-0.1, -0.05) is 12.1 Å². The molecule has 1 amide bonds. The Hall–Kier alpha value is -1.59. The number of hydrogen-bond acceptors (Lipinski definition) is 4. The first-order valence-electron chi connectivity index (χ1n) is 6.55. The van der Waals surface area contributed by atoms with Crippen molar-refractivity contribution in [2.75, 3.05) is 20.2 Å². The molecule has 104 valence electrons. The summed E-state index contributed by atoms with van der Waals surface area (Å²) in [5.41, 5.74) is 6.45. The molecule has 0 aliphatic carbocycles. The maximum atomic E-state index is 12.1. The Balaban J connectivity index is 1.88. The summed E-state index contributed by atoms with van der Waals surface area (Å²) in [4.78, 5) is 12.1. The topological polar surface area (TPSA) is 76.4 Å². The number of amides is 1. The molecule has 1 aromatic rings. The Kier molecular flexibility index (Phi) is 4.39. The molecule has 5 nitrogen and oxygen atoms in total. The highest BCUT2D eigenvalue weighted by Gasteiger charge is 2.34. The monoisotopic (exact) mass is 263 g/mol. The van der Waals surface area contributed by atoms with Gasteiger partial charge in [0.2, 0.25) is 5.91 Å². The minimum absolute atomic E-state index is 0.0650. The van der Waals surface area contributed by atoms with Crippen LogP contribution in [0.4, 0.5) is 0 Å². The van der Waals surface area contributed by atoms with Crippen molar-refractivity contribution in [1.82, 2.24) is 10.6 Å². The van der Waals surface area contributed by atoms with Crippen LogP contribution in [0.25, 0.3) is 0 Å². The van der Waals surface area contributed by atoms with Crippen LogP contribution in [0.3, 0.4) is 0 Å². The standard InChI is InChI=1S/C14H21N3O2/c1-19-12-4-2-11(3-5-12)10-17-13(18)14(15)6-8-16-9-7-14/h2-5,16H,6-10,15H2,1H3,(H,17,18). The Morgan fingerprint density at radius 3 is 2.58 bits per heavy atom. The molecule has 0 bridgehead atoms. The second-order valence-electron chi connectivity index (χ2n) is 4.94. The van der Waals surface area contributed by atoms with Crippen LogP contribution in [0, 0.1) is 0 Å². The predicted molar refractivity (Wildman–Crippen MR) is 73.9 cm³/mol. The molecule has 1 saturated heterocycles. The maximum Gasteiger partial charge on any atom is 0.240 e. The van der Waals surface area contributed by atoms with Crippen molar-refractivity contribution in [3.8, 4) is 5.75 Å². The van der Waals surface area contributed by atoms with Crippen molar-refractivity contribution < 1.29 is 9.53 Å². The van der Waals surface area contributed by atoms with Crippen LogP contribution >= 0.6 is 0 Å². The molecule has 0 aromatic heterocycles. The molecule has 1 aromatic carbocycles. The highest BCUT2D eigenvalue weighted by atomic mass is 16.5. The molecule has 1 aliphatic rings. The lowest BCUT2D eigenvalue weighted by molar-refractivity contribution is -0.127. The van der Waals surface area contributed by atoms with Crippen LogP contribution in [-0.2, 0) is 11.3 Å². The number of nitrogens with two attached hydrogens (primary N) is 1. The van der Waals surface area contributed by atoms with Crippen molar-refractivity contribution in [3.63, 3.8) is 0 Å². The lowest BCUT2D eigenvalue weighted by Gasteiger charge is -2.32. The fourth-order valence-corrected chi connectivity index (χ4v) is 2.20.